The van der Waals surface area contributed by atoms with Crippen molar-refractivity contribution >= 4 is 17.5 Å². The molecule has 1 fully saturated rings. The smallest absolute Gasteiger partial charge is 0.225 e. The maximum absolute atomic E-state index is 11.7. The third kappa shape index (κ3) is 3.85. The molecule has 0 radical (unpaired) electrons. The van der Waals surface area contributed by atoms with Gasteiger partial charge in [-0.25, -0.2) is 0 Å². The Morgan fingerprint density at radius 3 is 2.95 bits per heavy atom. The van der Waals surface area contributed by atoms with Crippen LogP contribution in [0.3, 0.4) is 0 Å². The molecule has 0 spiro atoms. The average molecular weight is 283 g/mol. The zero-order valence-corrected chi connectivity index (χ0v) is 11.8. The number of rotatable bonds is 6. The summed E-state index contributed by atoms with van der Waals surface area (Å²) in [6, 6.07) is 5.58. The van der Waals surface area contributed by atoms with Gasteiger partial charge in [-0.2, -0.15) is 0 Å². The molecule has 19 heavy (non-hydrogen) atoms. The van der Waals surface area contributed by atoms with E-state index in [1.807, 2.05) is 25.1 Å². The van der Waals surface area contributed by atoms with Crippen LogP contribution in [0, 0.1) is 5.92 Å². The molecule has 4 nitrogen and oxygen atoms in total. The average Bonchev–Trinajstić information content (AvgIpc) is 2.30. The summed E-state index contributed by atoms with van der Waals surface area (Å²) in [6.07, 6.45) is 0.724. The lowest BCUT2D eigenvalue weighted by molar-refractivity contribution is -0.126. The van der Waals surface area contributed by atoms with Crippen molar-refractivity contribution < 1.29 is 9.53 Å². The molecule has 2 rings (SSSR count). The van der Waals surface area contributed by atoms with Crippen LogP contribution in [0.4, 0.5) is 0 Å². The number of halogens is 1. The first-order chi connectivity index (χ1) is 9.20. The van der Waals surface area contributed by atoms with Gasteiger partial charge < -0.3 is 15.4 Å². The van der Waals surface area contributed by atoms with Gasteiger partial charge in [0.25, 0.3) is 0 Å². The molecule has 0 aliphatic carbocycles. The highest BCUT2D eigenvalue weighted by Crippen LogP contribution is 2.23. The molecule has 0 bridgehead atoms. The van der Waals surface area contributed by atoms with Crippen LogP contribution >= 0.6 is 11.6 Å². The van der Waals surface area contributed by atoms with Crippen LogP contribution < -0.4 is 15.4 Å². The minimum absolute atomic E-state index is 0.124. The first-order valence-corrected chi connectivity index (χ1v) is 6.98. The van der Waals surface area contributed by atoms with Crippen molar-refractivity contribution in [2.45, 2.75) is 13.3 Å². The van der Waals surface area contributed by atoms with Crippen LogP contribution in [0.5, 0.6) is 5.75 Å². The topological polar surface area (TPSA) is 50.4 Å². The summed E-state index contributed by atoms with van der Waals surface area (Å²) in [7, 11) is 0. The fourth-order valence-corrected chi connectivity index (χ4v) is 2.17. The van der Waals surface area contributed by atoms with Crippen LogP contribution in [-0.4, -0.2) is 32.1 Å². The molecule has 0 saturated carbocycles. The maximum atomic E-state index is 11.7. The van der Waals surface area contributed by atoms with E-state index in [0.29, 0.717) is 18.2 Å². The number of nitrogens with one attached hydrogen (secondary N) is 2. The molecule has 1 aliphatic rings. The number of hydrogen-bond donors (Lipinski definition) is 2. The zero-order chi connectivity index (χ0) is 13.7. The summed E-state index contributed by atoms with van der Waals surface area (Å²) in [5, 5.41) is 6.72. The van der Waals surface area contributed by atoms with Crippen LogP contribution in [0.25, 0.3) is 0 Å². The largest absolute Gasteiger partial charge is 0.494 e. The Morgan fingerprint density at radius 1 is 1.53 bits per heavy atom. The molecule has 2 N–H and O–H groups in total. The van der Waals surface area contributed by atoms with Crippen molar-refractivity contribution in [3.8, 4) is 5.75 Å². The Hall–Kier alpha value is -1.26. The summed E-state index contributed by atoms with van der Waals surface area (Å²) >= 11 is 5.99. The van der Waals surface area contributed by atoms with E-state index in [9.17, 15) is 4.79 Å². The summed E-state index contributed by atoms with van der Waals surface area (Å²) in [6.45, 7) is 4.74. The lowest BCUT2D eigenvalue weighted by Gasteiger charge is -2.25. The van der Waals surface area contributed by atoms with Crippen LogP contribution in [0.15, 0.2) is 18.2 Å². The molecule has 5 heteroatoms. The third-order valence-corrected chi connectivity index (χ3v) is 3.40. The predicted octanol–water partition coefficient (Wildman–Crippen LogP) is 1.62. The lowest BCUT2D eigenvalue weighted by atomic mass is 10.0. The Morgan fingerprint density at radius 2 is 2.32 bits per heavy atom. The van der Waals surface area contributed by atoms with Crippen LogP contribution in [-0.2, 0) is 11.2 Å². The first kappa shape index (κ1) is 14.2. The molecule has 1 saturated heterocycles. The van der Waals surface area contributed by atoms with Gasteiger partial charge in [-0.05, 0) is 37.1 Å². The summed E-state index contributed by atoms with van der Waals surface area (Å²) in [5.74, 6) is 1.09. The van der Waals surface area contributed by atoms with Gasteiger partial charge in [-0.3, -0.25) is 4.79 Å². The fraction of sp³-hybridized carbons (Fsp3) is 0.500. The zero-order valence-electron chi connectivity index (χ0n) is 11.0. The molecule has 1 aromatic rings. The highest BCUT2D eigenvalue weighted by molar-refractivity contribution is 6.30. The van der Waals surface area contributed by atoms with Crippen molar-refractivity contribution in [3.63, 3.8) is 0 Å². The van der Waals surface area contributed by atoms with E-state index in [-0.39, 0.29) is 11.8 Å². The quantitative estimate of drug-likeness (QED) is 0.834. The Labute approximate surface area is 118 Å². The van der Waals surface area contributed by atoms with E-state index in [1.165, 1.54) is 0 Å². The minimum Gasteiger partial charge on any atom is -0.494 e. The standard InChI is InChI=1S/C14H19ClN2O2/c1-2-19-13-4-3-12(15)7-10(13)5-6-17-14(18)11-8-16-9-11/h3-4,7,11,16H,2,5-6,8-9H2,1H3,(H,17,18). The van der Waals surface area contributed by atoms with Crippen molar-refractivity contribution in [2.24, 2.45) is 5.92 Å². The number of benzene rings is 1. The van der Waals surface area contributed by atoms with Crippen LogP contribution in [0.2, 0.25) is 5.02 Å². The number of carbonyl (C=O) groups excluding carboxylic acids is 1. The van der Waals surface area contributed by atoms with E-state index in [4.69, 9.17) is 16.3 Å². The highest BCUT2D eigenvalue weighted by Gasteiger charge is 2.24. The monoisotopic (exact) mass is 282 g/mol. The Balaban J connectivity index is 1.87. The van der Waals surface area contributed by atoms with Gasteiger partial charge >= 0.3 is 0 Å². The normalized spacial score (nSPS) is 14.8. The molecule has 1 aliphatic heterocycles. The molecule has 104 valence electrons. The second kappa shape index (κ2) is 6.78. The second-order valence-corrected chi connectivity index (χ2v) is 5.02. The highest BCUT2D eigenvalue weighted by atomic mass is 35.5. The minimum atomic E-state index is 0.124. The summed E-state index contributed by atoms with van der Waals surface area (Å²) in [5.41, 5.74) is 1.03. The van der Waals surface area contributed by atoms with Gasteiger partial charge in [0.2, 0.25) is 5.91 Å². The van der Waals surface area contributed by atoms with Crippen molar-refractivity contribution in [3.05, 3.63) is 28.8 Å². The molecule has 1 aromatic carbocycles. The number of ether oxygens (including phenoxy) is 1. The van der Waals surface area contributed by atoms with E-state index < -0.39 is 0 Å². The van der Waals surface area contributed by atoms with E-state index in [1.54, 1.807) is 0 Å². The van der Waals surface area contributed by atoms with Crippen molar-refractivity contribution in [1.29, 1.82) is 0 Å². The molecular formula is C14H19ClN2O2. The van der Waals surface area contributed by atoms with Gasteiger partial charge in [-0.15, -0.1) is 0 Å². The van der Waals surface area contributed by atoms with Crippen LogP contribution in [0.1, 0.15) is 12.5 Å². The molecule has 0 unspecified atom stereocenters. The summed E-state index contributed by atoms with van der Waals surface area (Å²) in [4.78, 5) is 11.7. The van der Waals surface area contributed by atoms with Gasteiger partial charge in [0.15, 0.2) is 0 Å². The molecular weight excluding hydrogens is 264 g/mol. The number of amides is 1. The number of carbonyl (C=O) groups is 1. The number of hydrogen-bond acceptors (Lipinski definition) is 3. The maximum Gasteiger partial charge on any atom is 0.225 e. The summed E-state index contributed by atoms with van der Waals surface area (Å²) < 4.78 is 5.55. The van der Waals surface area contributed by atoms with E-state index in [0.717, 1.165) is 30.8 Å². The second-order valence-electron chi connectivity index (χ2n) is 4.58. The predicted molar refractivity (Wildman–Crippen MR) is 75.7 cm³/mol. The van der Waals surface area contributed by atoms with Crippen molar-refractivity contribution in [1.82, 2.24) is 10.6 Å². The lowest BCUT2D eigenvalue weighted by Crippen LogP contribution is -2.51. The molecule has 0 atom stereocenters. The Bertz CT molecular complexity index is 447. The van der Waals surface area contributed by atoms with E-state index >= 15 is 0 Å². The first-order valence-electron chi connectivity index (χ1n) is 6.60. The molecule has 0 aromatic heterocycles. The fourth-order valence-electron chi connectivity index (χ4n) is 1.98. The van der Waals surface area contributed by atoms with Gasteiger partial charge in [0.05, 0.1) is 12.5 Å². The molecule has 1 amide bonds. The Kier molecular flexibility index (Phi) is 5.05. The van der Waals surface area contributed by atoms with E-state index in [2.05, 4.69) is 10.6 Å². The SMILES string of the molecule is CCOc1ccc(Cl)cc1CCNC(=O)C1CNC1. The molecule has 1 heterocycles. The van der Waals surface area contributed by atoms with Crippen molar-refractivity contribution in [2.75, 3.05) is 26.2 Å². The third-order valence-electron chi connectivity index (χ3n) is 3.17. The van der Waals surface area contributed by atoms with Gasteiger partial charge in [0.1, 0.15) is 5.75 Å². The van der Waals surface area contributed by atoms with Gasteiger partial charge in [0, 0.05) is 24.7 Å². The van der Waals surface area contributed by atoms with Gasteiger partial charge in [-0.1, -0.05) is 11.6 Å².